The zero-order chi connectivity index (χ0) is 18.9. The number of carbonyl (C=O) groups is 2. The van der Waals surface area contributed by atoms with Gasteiger partial charge in [0.2, 0.25) is 0 Å². The molecule has 138 valence electrons. The molecule has 0 aliphatic heterocycles. The van der Waals surface area contributed by atoms with Gasteiger partial charge in [0.25, 0.3) is 11.5 Å². The van der Waals surface area contributed by atoms with Crippen molar-refractivity contribution < 1.29 is 14.3 Å². The largest absolute Gasteiger partial charge is 0.347 e. The molecule has 1 aromatic carbocycles. The van der Waals surface area contributed by atoms with E-state index in [9.17, 15) is 14.4 Å². The number of nitrogens with zero attached hydrogens (tertiary/aromatic N) is 1. The summed E-state index contributed by atoms with van der Waals surface area (Å²) in [6, 6.07) is 12.6. The zero-order valence-electron chi connectivity index (χ0n) is 15.1. The number of hydrogen-bond acceptors (Lipinski definition) is 4. The number of hydrogen-bond donors (Lipinski definition) is 1. The molecule has 1 amide bonds. The second-order valence-corrected chi connectivity index (χ2v) is 6.03. The maximum Gasteiger partial charge on any atom is 0.263 e. The fourth-order valence-corrected chi connectivity index (χ4v) is 2.54. The minimum Gasteiger partial charge on any atom is -0.347 e. The van der Waals surface area contributed by atoms with E-state index in [0.717, 1.165) is 30.5 Å². The average Bonchev–Trinajstić information content (AvgIpc) is 2.67. The van der Waals surface area contributed by atoms with Crippen molar-refractivity contribution in [1.29, 1.82) is 0 Å². The van der Waals surface area contributed by atoms with E-state index in [1.807, 2.05) is 30.3 Å². The van der Waals surface area contributed by atoms with Crippen LogP contribution in [0.25, 0.3) is 0 Å². The molecule has 0 spiro atoms. The number of nitrogens with one attached hydrogen (secondary N) is 1. The molecule has 0 radical (unpaired) electrons. The standard InChI is InChI=1S/C20H24N2O4/c1-3-4-10-16-11-12-17(20(25)22(16)2)19(24)21-18(13-23)26-14-15-8-6-5-7-9-15/h5-9,11-13,18H,3-4,10,14H2,1-2H3,(H,21,24). The molecular weight excluding hydrogens is 332 g/mol. The van der Waals surface area contributed by atoms with Crippen LogP contribution >= 0.6 is 0 Å². The number of amides is 1. The third kappa shape index (κ3) is 5.13. The van der Waals surface area contributed by atoms with Crippen molar-refractivity contribution in [1.82, 2.24) is 9.88 Å². The van der Waals surface area contributed by atoms with Crippen LogP contribution < -0.4 is 10.9 Å². The van der Waals surface area contributed by atoms with Gasteiger partial charge in [0.05, 0.1) is 6.61 Å². The summed E-state index contributed by atoms with van der Waals surface area (Å²) in [6.45, 7) is 2.26. The van der Waals surface area contributed by atoms with Gasteiger partial charge < -0.3 is 14.6 Å². The van der Waals surface area contributed by atoms with Crippen LogP contribution in [0, 0.1) is 0 Å². The molecule has 2 aromatic rings. The van der Waals surface area contributed by atoms with Gasteiger partial charge in [0, 0.05) is 12.7 Å². The highest BCUT2D eigenvalue weighted by molar-refractivity contribution is 5.95. The SMILES string of the molecule is CCCCc1ccc(C(=O)NC(C=O)OCc2ccccc2)c(=O)n1C. The lowest BCUT2D eigenvalue weighted by atomic mass is 10.1. The Kier molecular flexibility index (Phi) is 7.29. The van der Waals surface area contributed by atoms with E-state index in [1.165, 1.54) is 10.6 Å². The maximum absolute atomic E-state index is 12.4. The second kappa shape index (κ2) is 9.68. The highest BCUT2D eigenvalue weighted by Gasteiger charge is 2.17. The smallest absolute Gasteiger partial charge is 0.263 e. The van der Waals surface area contributed by atoms with E-state index in [4.69, 9.17) is 4.74 Å². The molecule has 26 heavy (non-hydrogen) atoms. The maximum atomic E-state index is 12.4. The highest BCUT2D eigenvalue weighted by Crippen LogP contribution is 2.05. The number of benzene rings is 1. The van der Waals surface area contributed by atoms with Gasteiger partial charge in [0.1, 0.15) is 5.56 Å². The van der Waals surface area contributed by atoms with Crippen molar-refractivity contribution in [3.63, 3.8) is 0 Å². The molecule has 1 aromatic heterocycles. The lowest BCUT2D eigenvalue weighted by molar-refractivity contribution is -0.120. The molecule has 0 aliphatic rings. The first-order chi connectivity index (χ1) is 12.6. The first kappa shape index (κ1) is 19.6. The lowest BCUT2D eigenvalue weighted by Crippen LogP contribution is -2.41. The van der Waals surface area contributed by atoms with Crippen LogP contribution in [-0.2, 0) is 29.6 Å². The van der Waals surface area contributed by atoms with Gasteiger partial charge in [-0.05, 0) is 30.5 Å². The van der Waals surface area contributed by atoms with Crippen LogP contribution in [0.5, 0.6) is 0 Å². The van der Waals surface area contributed by atoms with E-state index in [2.05, 4.69) is 12.2 Å². The summed E-state index contributed by atoms with van der Waals surface area (Å²) >= 11 is 0. The number of pyridine rings is 1. The predicted octanol–water partition coefficient (Wildman–Crippen LogP) is 2.20. The van der Waals surface area contributed by atoms with Crippen LogP contribution in [0.15, 0.2) is 47.3 Å². The summed E-state index contributed by atoms with van der Waals surface area (Å²) in [6.07, 6.45) is 2.16. The molecule has 0 saturated carbocycles. The first-order valence-corrected chi connectivity index (χ1v) is 8.67. The third-order valence-electron chi connectivity index (χ3n) is 4.11. The molecule has 1 N–H and O–H groups in total. The zero-order valence-corrected chi connectivity index (χ0v) is 15.1. The Hall–Kier alpha value is -2.73. The molecule has 0 bridgehead atoms. The summed E-state index contributed by atoms with van der Waals surface area (Å²) in [5.74, 6) is -0.627. The van der Waals surface area contributed by atoms with Gasteiger partial charge in [-0.1, -0.05) is 43.7 Å². The van der Waals surface area contributed by atoms with Crippen LogP contribution in [0.2, 0.25) is 0 Å². The minimum absolute atomic E-state index is 0.0112. The van der Waals surface area contributed by atoms with E-state index in [-0.39, 0.29) is 17.7 Å². The number of aromatic nitrogens is 1. The van der Waals surface area contributed by atoms with Gasteiger partial charge in [0.15, 0.2) is 12.5 Å². The highest BCUT2D eigenvalue weighted by atomic mass is 16.5. The van der Waals surface area contributed by atoms with E-state index < -0.39 is 12.1 Å². The molecule has 1 unspecified atom stereocenters. The molecule has 1 atom stereocenters. The van der Waals surface area contributed by atoms with Crippen molar-refractivity contribution >= 4 is 12.2 Å². The fraction of sp³-hybridized carbons (Fsp3) is 0.350. The molecule has 6 heteroatoms. The number of rotatable bonds is 9. The monoisotopic (exact) mass is 356 g/mol. The molecule has 2 rings (SSSR count). The first-order valence-electron chi connectivity index (χ1n) is 8.67. The number of aldehydes is 1. The van der Waals surface area contributed by atoms with Gasteiger partial charge in [-0.3, -0.25) is 14.4 Å². The summed E-state index contributed by atoms with van der Waals surface area (Å²) in [5, 5.41) is 2.44. The Balaban J connectivity index is 2.04. The lowest BCUT2D eigenvalue weighted by Gasteiger charge is -2.15. The van der Waals surface area contributed by atoms with E-state index in [1.54, 1.807) is 13.1 Å². The van der Waals surface area contributed by atoms with Gasteiger partial charge in [-0.15, -0.1) is 0 Å². The van der Waals surface area contributed by atoms with Crippen molar-refractivity contribution in [2.75, 3.05) is 0 Å². The van der Waals surface area contributed by atoms with E-state index in [0.29, 0.717) is 6.29 Å². The second-order valence-electron chi connectivity index (χ2n) is 6.03. The van der Waals surface area contributed by atoms with Gasteiger partial charge in [-0.2, -0.15) is 0 Å². The Morgan fingerprint density at radius 2 is 1.96 bits per heavy atom. The van der Waals surface area contributed by atoms with Crippen LogP contribution in [0.4, 0.5) is 0 Å². The van der Waals surface area contributed by atoms with Crippen molar-refractivity contribution in [3.05, 3.63) is 69.6 Å². The van der Waals surface area contributed by atoms with Crippen LogP contribution in [0.1, 0.15) is 41.4 Å². The minimum atomic E-state index is -1.12. The quantitative estimate of drug-likeness (QED) is 0.552. The molecule has 0 fully saturated rings. The van der Waals surface area contributed by atoms with Crippen LogP contribution in [0.3, 0.4) is 0 Å². The number of ether oxygens (including phenoxy) is 1. The Morgan fingerprint density at radius 3 is 2.62 bits per heavy atom. The third-order valence-corrected chi connectivity index (χ3v) is 4.11. The molecule has 0 saturated heterocycles. The normalized spacial score (nSPS) is 11.8. The molecular formula is C20H24N2O4. The Bertz CT molecular complexity index is 799. The summed E-state index contributed by atoms with van der Waals surface area (Å²) in [5.41, 5.74) is 1.36. The average molecular weight is 356 g/mol. The van der Waals surface area contributed by atoms with Gasteiger partial charge in [-0.25, -0.2) is 0 Å². The Morgan fingerprint density at radius 1 is 1.23 bits per heavy atom. The predicted molar refractivity (Wildman–Crippen MR) is 98.8 cm³/mol. The van der Waals surface area contributed by atoms with E-state index >= 15 is 0 Å². The molecule has 1 heterocycles. The summed E-state index contributed by atoms with van der Waals surface area (Å²) < 4.78 is 6.89. The summed E-state index contributed by atoms with van der Waals surface area (Å²) in [7, 11) is 1.65. The molecule has 6 nitrogen and oxygen atoms in total. The summed E-state index contributed by atoms with van der Waals surface area (Å²) in [4.78, 5) is 36.0. The van der Waals surface area contributed by atoms with Gasteiger partial charge >= 0.3 is 0 Å². The fourth-order valence-electron chi connectivity index (χ4n) is 2.54. The molecule has 0 aliphatic carbocycles. The van der Waals surface area contributed by atoms with Crippen LogP contribution in [-0.4, -0.2) is 23.0 Å². The Labute approximate surface area is 152 Å². The van der Waals surface area contributed by atoms with Crippen molar-refractivity contribution in [2.45, 2.75) is 39.0 Å². The number of carbonyl (C=O) groups excluding carboxylic acids is 2. The van der Waals surface area contributed by atoms with Crippen molar-refractivity contribution in [3.8, 4) is 0 Å². The number of unbranched alkanes of at least 4 members (excludes halogenated alkanes) is 1. The topological polar surface area (TPSA) is 77.4 Å². The number of aryl methyl sites for hydroxylation is 1. The van der Waals surface area contributed by atoms with Crippen molar-refractivity contribution in [2.24, 2.45) is 7.05 Å².